The van der Waals surface area contributed by atoms with Crippen LogP contribution < -0.4 is 10.1 Å². The summed E-state index contributed by atoms with van der Waals surface area (Å²) in [7, 11) is -3.72. The Labute approximate surface area is 174 Å². The lowest BCUT2D eigenvalue weighted by Crippen LogP contribution is -2.46. The third-order valence-electron chi connectivity index (χ3n) is 6.44. The summed E-state index contributed by atoms with van der Waals surface area (Å²) in [4.78, 5) is 12.8. The number of rotatable bonds is 5. The van der Waals surface area contributed by atoms with Crippen LogP contribution in [0, 0.1) is 23.7 Å². The molecule has 4 aliphatic rings. The zero-order chi connectivity index (χ0) is 20.0. The standard InChI is InChI=1S/C21H23N3O3S2/c25-21(23-22-20-15-9-13-8-14(11-15)12-16(20)10-13)17-4-1-2-5-18(17)24-29(26,27)19-6-3-7-28-19/h1-7,13-16,24H,8-12H2,(H,23,25). The van der Waals surface area contributed by atoms with Gasteiger partial charge in [0.05, 0.1) is 11.3 Å². The maximum Gasteiger partial charge on any atom is 0.273 e. The van der Waals surface area contributed by atoms with Crippen molar-refractivity contribution in [3.63, 3.8) is 0 Å². The van der Waals surface area contributed by atoms with E-state index in [9.17, 15) is 13.2 Å². The molecule has 1 aromatic carbocycles. The van der Waals surface area contributed by atoms with Crippen LogP contribution in [0.2, 0.25) is 0 Å². The van der Waals surface area contributed by atoms with E-state index in [4.69, 9.17) is 0 Å². The van der Waals surface area contributed by atoms with E-state index in [1.807, 2.05) is 0 Å². The van der Waals surface area contributed by atoms with E-state index in [1.54, 1.807) is 35.7 Å². The van der Waals surface area contributed by atoms with Gasteiger partial charge >= 0.3 is 0 Å². The predicted molar refractivity (Wildman–Crippen MR) is 114 cm³/mol. The summed E-state index contributed by atoms with van der Waals surface area (Å²) in [6, 6.07) is 9.84. The van der Waals surface area contributed by atoms with Gasteiger partial charge in [-0.15, -0.1) is 11.3 Å². The van der Waals surface area contributed by atoms with Gasteiger partial charge in [0.25, 0.3) is 15.9 Å². The van der Waals surface area contributed by atoms with Crippen LogP contribution in [-0.4, -0.2) is 20.0 Å². The Morgan fingerprint density at radius 3 is 2.31 bits per heavy atom. The molecular weight excluding hydrogens is 406 g/mol. The van der Waals surface area contributed by atoms with Gasteiger partial charge in [-0.2, -0.15) is 5.10 Å². The number of nitrogens with one attached hydrogen (secondary N) is 2. The van der Waals surface area contributed by atoms with E-state index >= 15 is 0 Å². The number of thiophene rings is 1. The number of benzene rings is 1. The molecule has 6 nitrogen and oxygen atoms in total. The molecule has 0 saturated heterocycles. The van der Waals surface area contributed by atoms with Crippen molar-refractivity contribution in [2.45, 2.75) is 36.3 Å². The number of anilines is 1. The molecule has 4 aliphatic carbocycles. The summed E-state index contributed by atoms with van der Waals surface area (Å²) in [5, 5.41) is 6.23. The maximum absolute atomic E-state index is 12.8. The maximum atomic E-state index is 12.8. The van der Waals surface area contributed by atoms with Crippen molar-refractivity contribution in [1.29, 1.82) is 0 Å². The molecule has 4 saturated carbocycles. The quantitative estimate of drug-likeness (QED) is 0.702. The fraction of sp³-hybridized carbons (Fsp3) is 0.429. The van der Waals surface area contributed by atoms with E-state index in [0.717, 1.165) is 28.9 Å². The van der Waals surface area contributed by atoms with Gasteiger partial charge in [0, 0.05) is 5.71 Å². The third kappa shape index (κ3) is 3.59. The fourth-order valence-electron chi connectivity index (χ4n) is 5.41. The molecule has 1 amide bonds. The Bertz CT molecular complexity index is 1030. The molecule has 1 aromatic heterocycles. The average Bonchev–Trinajstić information content (AvgIpc) is 3.23. The van der Waals surface area contributed by atoms with Gasteiger partial charge < -0.3 is 0 Å². The van der Waals surface area contributed by atoms with Gasteiger partial charge in [-0.3, -0.25) is 9.52 Å². The van der Waals surface area contributed by atoms with Crippen molar-refractivity contribution in [2.24, 2.45) is 28.8 Å². The second kappa shape index (κ2) is 7.25. The summed E-state index contributed by atoms with van der Waals surface area (Å²) in [5.41, 5.74) is 4.36. The first kappa shape index (κ1) is 18.8. The van der Waals surface area contributed by atoms with Crippen LogP contribution in [0.5, 0.6) is 0 Å². The molecule has 0 unspecified atom stereocenters. The van der Waals surface area contributed by atoms with Gasteiger partial charge in [0.2, 0.25) is 0 Å². The molecule has 0 aliphatic heterocycles. The minimum atomic E-state index is -3.72. The summed E-state index contributed by atoms with van der Waals surface area (Å²) in [6.45, 7) is 0. The SMILES string of the molecule is O=C(NN=C1C2CC3CC(C2)CC1C3)c1ccccc1NS(=O)(=O)c1cccs1. The third-order valence-corrected chi connectivity index (χ3v) is 9.20. The Morgan fingerprint density at radius 2 is 1.66 bits per heavy atom. The number of hydrogen-bond donors (Lipinski definition) is 2. The topological polar surface area (TPSA) is 87.6 Å². The van der Waals surface area contributed by atoms with Crippen LogP contribution >= 0.6 is 11.3 Å². The first-order valence-corrected chi connectivity index (χ1v) is 12.4. The van der Waals surface area contributed by atoms with Gasteiger partial charge in [-0.05, 0) is 79.4 Å². The van der Waals surface area contributed by atoms with Gasteiger partial charge in [-0.1, -0.05) is 18.2 Å². The van der Waals surface area contributed by atoms with E-state index in [0.29, 0.717) is 11.8 Å². The molecule has 6 rings (SSSR count). The Morgan fingerprint density at radius 1 is 0.966 bits per heavy atom. The zero-order valence-corrected chi connectivity index (χ0v) is 17.5. The van der Waals surface area contributed by atoms with Crippen molar-refractivity contribution >= 4 is 38.7 Å². The second-order valence-corrected chi connectivity index (χ2v) is 11.2. The lowest BCUT2D eigenvalue weighted by Gasteiger charge is -2.50. The van der Waals surface area contributed by atoms with Crippen LogP contribution in [0.25, 0.3) is 0 Å². The Balaban J connectivity index is 1.35. The summed E-state index contributed by atoms with van der Waals surface area (Å²) in [6.07, 6.45) is 6.14. The molecule has 4 bridgehead atoms. The number of hydrazone groups is 1. The number of carbonyl (C=O) groups excluding carboxylic acids is 1. The monoisotopic (exact) mass is 429 g/mol. The van der Waals surface area contributed by atoms with Gasteiger partial charge in [0.1, 0.15) is 4.21 Å². The second-order valence-electron chi connectivity index (χ2n) is 8.37. The van der Waals surface area contributed by atoms with Crippen molar-refractivity contribution in [3.05, 3.63) is 47.3 Å². The number of carbonyl (C=O) groups is 1. The first-order chi connectivity index (χ1) is 14.0. The van der Waals surface area contributed by atoms with E-state index in [-0.39, 0.29) is 15.5 Å². The highest BCUT2D eigenvalue weighted by atomic mass is 32.2. The molecule has 0 atom stereocenters. The normalized spacial score (nSPS) is 27.7. The molecular formula is C21H23N3O3S2. The largest absolute Gasteiger partial charge is 0.278 e. The zero-order valence-electron chi connectivity index (χ0n) is 15.9. The van der Waals surface area contributed by atoms with E-state index in [2.05, 4.69) is 15.2 Å². The molecule has 8 heteroatoms. The molecule has 1 heterocycles. The van der Waals surface area contributed by atoms with Crippen molar-refractivity contribution in [2.75, 3.05) is 4.72 Å². The summed E-state index contributed by atoms with van der Waals surface area (Å²) >= 11 is 1.13. The predicted octanol–water partition coefficient (Wildman–Crippen LogP) is 4.09. The van der Waals surface area contributed by atoms with Crippen LogP contribution in [0.3, 0.4) is 0 Å². The van der Waals surface area contributed by atoms with Crippen molar-refractivity contribution in [1.82, 2.24) is 5.43 Å². The van der Waals surface area contributed by atoms with Crippen LogP contribution in [0.4, 0.5) is 5.69 Å². The molecule has 2 N–H and O–H groups in total. The summed E-state index contributed by atoms with van der Waals surface area (Å²) in [5.74, 6) is 2.27. The minimum Gasteiger partial charge on any atom is -0.278 e. The lowest BCUT2D eigenvalue weighted by molar-refractivity contribution is 0.0943. The van der Waals surface area contributed by atoms with Gasteiger partial charge in [0.15, 0.2) is 0 Å². The number of para-hydroxylation sites is 1. The highest BCUT2D eigenvalue weighted by molar-refractivity contribution is 7.94. The Kier molecular flexibility index (Phi) is 4.70. The average molecular weight is 430 g/mol. The van der Waals surface area contributed by atoms with Crippen LogP contribution in [0.15, 0.2) is 51.1 Å². The van der Waals surface area contributed by atoms with Crippen molar-refractivity contribution < 1.29 is 13.2 Å². The van der Waals surface area contributed by atoms with Gasteiger partial charge in [-0.25, -0.2) is 13.8 Å². The fourth-order valence-corrected chi connectivity index (χ4v) is 7.48. The minimum absolute atomic E-state index is 0.210. The first-order valence-electron chi connectivity index (χ1n) is 10.0. The molecule has 29 heavy (non-hydrogen) atoms. The van der Waals surface area contributed by atoms with E-state index < -0.39 is 15.9 Å². The van der Waals surface area contributed by atoms with Crippen LogP contribution in [-0.2, 0) is 10.0 Å². The molecule has 2 aromatic rings. The van der Waals surface area contributed by atoms with E-state index in [1.165, 1.54) is 38.2 Å². The Hall–Kier alpha value is -2.19. The van der Waals surface area contributed by atoms with Crippen molar-refractivity contribution in [3.8, 4) is 0 Å². The highest BCUT2D eigenvalue weighted by Gasteiger charge is 2.46. The highest BCUT2D eigenvalue weighted by Crippen LogP contribution is 2.52. The number of sulfonamides is 1. The lowest BCUT2D eigenvalue weighted by atomic mass is 9.55. The molecule has 0 radical (unpaired) electrons. The number of amides is 1. The molecule has 0 spiro atoms. The van der Waals surface area contributed by atoms with Crippen LogP contribution in [0.1, 0.15) is 42.5 Å². The number of hydrogen-bond acceptors (Lipinski definition) is 5. The summed E-state index contributed by atoms with van der Waals surface area (Å²) < 4.78 is 27.8. The molecule has 4 fully saturated rings. The number of nitrogens with zero attached hydrogens (tertiary/aromatic N) is 1. The molecule has 152 valence electrons. The smallest absolute Gasteiger partial charge is 0.273 e.